The lowest BCUT2D eigenvalue weighted by molar-refractivity contribution is 0.218. The number of hydrogen-bond acceptors (Lipinski definition) is 4. The quantitative estimate of drug-likeness (QED) is 0.238. The largest absolute Gasteiger partial charge is 0.508 e. The van der Waals surface area contributed by atoms with E-state index in [4.69, 9.17) is 0 Å². The highest BCUT2D eigenvalue weighted by atomic mass is 16.3. The molecule has 234 valence electrons. The minimum absolute atomic E-state index is 0. The van der Waals surface area contributed by atoms with Crippen LogP contribution in [0.4, 0.5) is 0 Å². The zero-order valence-corrected chi connectivity index (χ0v) is 26.2. The molecule has 44 heavy (non-hydrogen) atoms. The first-order chi connectivity index (χ1) is 20.1. The summed E-state index contributed by atoms with van der Waals surface area (Å²) in [6.45, 7) is 13.7. The predicted molar refractivity (Wildman–Crippen MR) is 174 cm³/mol. The summed E-state index contributed by atoms with van der Waals surface area (Å²) in [5.74, 6) is 1.12. The summed E-state index contributed by atoms with van der Waals surface area (Å²) in [4.78, 5) is 25.9. The molecular formula is C36H46N4O4. The summed E-state index contributed by atoms with van der Waals surface area (Å²) in [7, 11) is 1.98. The average Bonchev–Trinajstić information content (AvgIpc) is 3.67. The number of benzene rings is 2. The number of fused-ring (bicyclic) bond motifs is 10. The van der Waals surface area contributed by atoms with E-state index in [9.17, 15) is 19.8 Å². The molecule has 4 aliphatic rings. The van der Waals surface area contributed by atoms with E-state index in [0.29, 0.717) is 11.8 Å². The third kappa shape index (κ3) is 3.51. The molecule has 2 fully saturated rings. The van der Waals surface area contributed by atoms with Crippen molar-refractivity contribution in [2.75, 3.05) is 0 Å². The highest BCUT2D eigenvalue weighted by Crippen LogP contribution is 2.67. The van der Waals surface area contributed by atoms with Crippen molar-refractivity contribution in [1.82, 2.24) is 19.1 Å². The molecule has 0 amide bonds. The van der Waals surface area contributed by atoms with Crippen LogP contribution in [0, 0.1) is 10.8 Å². The third-order valence-corrected chi connectivity index (χ3v) is 12.7. The molecule has 8 nitrogen and oxygen atoms in total. The highest BCUT2D eigenvalue weighted by Gasteiger charge is 2.63. The molecule has 0 radical (unpaired) electrons. The van der Waals surface area contributed by atoms with Crippen LogP contribution in [0.1, 0.15) is 109 Å². The van der Waals surface area contributed by atoms with Crippen molar-refractivity contribution in [2.45, 2.75) is 97.3 Å². The summed E-state index contributed by atoms with van der Waals surface area (Å²) in [5.41, 5.74) is 6.43. The Hall–Kier alpha value is -3.94. The lowest BCUT2D eigenvalue weighted by atomic mass is 9.70. The molecule has 2 saturated carbocycles. The average molecular weight is 599 g/mol. The van der Waals surface area contributed by atoms with E-state index in [2.05, 4.69) is 46.6 Å². The van der Waals surface area contributed by atoms with Gasteiger partial charge in [-0.05, 0) is 96.9 Å². The number of hydrogen-bond donors (Lipinski definition) is 3. The minimum Gasteiger partial charge on any atom is -0.508 e. The van der Waals surface area contributed by atoms with Gasteiger partial charge in [0.2, 0.25) is 0 Å². The van der Waals surface area contributed by atoms with E-state index in [1.165, 1.54) is 5.69 Å². The van der Waals surface area contributed by atoms with Gasteiger partial charge in [0, 0.05) is 34.7 Å². The summed E-state index contributed by atoms with van der Waals surface area (Å²) in [6, 6.07) is 13.6. The fourth-order valence-electron chi connectivity index (χ4n) is 9.34. The van der Waals surface area contributed by atoms with Crippen molar-refractivity contribution in [3.63, 3.8) is 0 Å². The second kappa shape index (κ2) is 9.29. The van der Waals surface area contributed by atoms with Gasteiger partial charge in [0.05, 0.1) is 17.1 Å². The van der Waals surface area contributed by atoms with Crippen molar-refractivity contribution in [1.29, 1.82) is 0 Å². The molecule has 2 aromatic carbocycles. The Morgan fingerprint density at radius 1 is 0.705 bits per heavy atom. The normalized spacial score (nSPS) is 27.8. The lowest BCUT2D eigenvalue weighted by Gasteiger charge is -2.36. The van der Waals surface area contributed by atoms with Crippen molar-refractivity contribution >= 4 is 0 Å². The number of rotatable bonds is 2. The second-order valence-corrected chi connectivity index (χ2v) is 14.8. The zero-order valence-electron chi connectivity index (χ0n) is 26.2. The maximum Gasteiger partial charge on any atom is 0.275 e. The Morgan fingerprint density at radius 3 is 1.70 bits per heavy atom. The number of aromatic amines is 1. The van der Waals surface area contributed by atoms with Gasteiger partial charge in [0.1, 0.15) is 11.5 Å². The first-order valence-corrected chi connectivity index (χ1v) is 15.4. The van der Waals surface area contributed by atoms with E-state index in [-0.39, 0.29) is 51.7 Å². The molecule has 3 N–H and O–H groups in total. The van der Waals surface area contributed by atoms with Crippen LogP contribution < -0.4 is 11.1 Å². The van der Waals surface area contributed by atoms with Crippen molar-refractivity contribution in [3.8, 4) is 22.9 Å². The highest BCUT2D eigenvalue weighted by molar-refractivity contribution is 5.49. The first kappa shape index (κ1) is 30.1. The molecule has 8 heteroatoms. The fraction of sp³-hybridized carbons (Fsp3) is 0.500. The van der Waals surface area contributed by atoms with Gasteiger partial charge in [-0.25, -0.2) is 9.36 Å². The Kier molecular flexibility index (Phi) is 6.35. The molecule has 0 saturated heterocycles. The van der Waals surface area contributed by atoms with Crippen LogP contribution in [0.15, 0.2) is 58.1 Å². The Balaban J connectivity index is 0.000000153. The van der Waals surface area contributed by atoms with Crippen LogP contribution >= 0.6 is 0 Å². The maximum absolute atomic E-state index is 13.1. The number of phenols is 2. The van der Waals surface area contributed by atoms with Crippen molar-refractivity contribution in [3.05, 3.63) is 91.8 Å². The number of H-pyrrole nitrogens is 1. The van der Waals surface area contributed by atoms with E-state index in [1.807, 2.05) is 11.7 Å². The Labute approximate surface area is 258 Å². The van der Waals surface area contributed by atoms with E-state index < -0.39 is 0 Å². The van der Waals surface area contributed by atoms with Gasteiger partial charge in [-0.3, -0.25) is 19.4 Å². The maximum atomic E-state index is 13.1. The molecule has 2 heterocycles. The van der Waals surface area contributed by atoms with Gasteiger partial charge in [-0.2, -0.15) is 0 Å². The number of nitrogens with zero attached hydrogens (tertiary/aromatic N) is 3. The fourth-order valence-corrected chi connectivity index (χ4v) is 9.34. The standard InChI is InChI=1S/C18H22N2O2.C17H20N2O2.CH4/c1-17(2)13-9-10-18(17,3)15-14(13)16(22)20(19(15)4)11-5-7-12(21)8-6-11;1-16(2)12-8-9-17(16,3)14-13(12)15(21)19(18-14)10-4-6-11(20)7-5-10;/h5-8,13,21H,9-10H2,1-4H3;4-7,12,18,20H,8-9H2,1-3H3;1H4/t13-,18+;12-,17+;/m11./s1. The number of phenolic OH excluding ortho intramolecular Hbond substituents is 2. The third-order valence-electron chi connectivity index (χ3n) is 12.7. The predicted octanol–water partition coefficient (Wildman–Crippen LogP) is 6.74. The van der Waals surface area contributed by atoms with Crippen LogP contribution in [0.25, 0.3) is 11.4 Å². The first-order valence-electron chi connectivity index (χ1n) is 15.4. The molecular weight excluding hydrogens is 552 g/mol. The van der Waals surface area contributed by atoms with Gasteiger partial charge in [0.25, 0.3) is 11.1 Å². The molecule has 4 aromatic rings. The molecule has 0 aliphatic heterocycles. The van der Waals surface area contributed by atoms with Crippen molar-refractivity contribution < 1.29 is 10.2 Å². The van der Waals surface area contributed by atoms with E-state index in [0.717, 1.165) is 53.9 Å². The van der Waals surface area contributed by atoms with E-state index >= 15 is 0 Å². The van der Waals surface area contributed by atoms with Crippen LogP contribution in [-0.2, 0) is 17.9 Å². The van der Waals surface area contributed by atoms with Gasteiger partial charge in [-0.1, -0.05) is 49.0 Å². The molecule has 4 aliphatic carbocycles. The van der Waals surface area contributed by atoms with Gasteiger partial charge < -0.3 is 10.2 Å². The second-order valence-electron chi connectivity index (χ2n) is 14.8. The molecule has 4 bridgehead atoms. The molecule has 8 rings (SSSR count). The molecule has 0 spiro atoms. The van der Waals surface area contributed by atoms with Gasteiger partial charge in [-0.15, -0.1) is 0 Å². The van der Waals surface area contributed by atoms with Crippen LogP contribution in [-0.4, -0.2) is 29.4 Å². The Bertz CT molecular complexity index is 1890. The number of nitrogens with one attached hydrogen (secondary N) is 1. The van der Waals surface area contributed by atoms with Gasteiger partial charge in [0.15, 0.2) is 0 Å². The van der Waals surface area contributed by atoms with Crippen molar-refractivity contribution in [2.24, 2.45) is 17.9 Å². The van der Waals surface area contributed by atoms with Crippen LogP contribution in [0.5, 0.6) is 11.5 Å². The molecule has 4 atom stereocenters. The summed E-state index contributed by atoms with van der Waals surface area (Å²) < 4.78 is 5.40. The SMILES string of the molecule is C.CC1(C)[C@@H]2CC[C@@]1(C)c1[nH]n(-c3ccc(O)cc3)c(=O)c12.Cn1c2c(c(=O)n1-c1ccc(O)cc1)[C@H]1CC[C@]2(C)C1(C)C. The zero-order chi connectivity index (χ0) is 30.9. The monoisotopic (exact) mass is 598 g/mol. The van der Waals surface area contributed by atoms with Crippen LogP contribution in [0.2, 0.25) is 0 Å². The van der Waals surface area contributed by atoms with E-state index in [1.54, 1.807) is 57.9 Å². The number of aromatic hydroxyl groups is 2. The molecule has 2 aromatic heterocycles. The summed E-state index contributed by atoms with van der Waals surface area (Å²) in [5, 5.41) is 22.2. The minimum atomic E-state index is 0. The van der Waals surface area contributed by atoms with Gasteiger partial charge >= 0.3 is 0 Å². The molecule has 0 unspecified atom stereocenters. The summed E-state index contributed by atoms with van der Waals surface area (Å²) >= 11 is 0. The Morgan fingerprint density at radius 2 is 1.18 bits per heavy atom. The number of aromatic nitrogens is 4. The smallest absolute Gasteiger partial charge is 0.275 e. The topological polar surface area (TPSA) is 105 Å². The summed E-state index contributed by atoms with van der Waals surface area (Å²) in [6.07, 6.45) is 4.47. The lowest BCUT2D eigenvalue weighted by Crippen LogP contribution is -2.35. The van der Waals surface area contributed by atoms with Crippen LogP contribution in [0.3, 0.4) is 0 Å².